The Balaban J connectivity index is 1.45. The van der Waals surface area contributed by atoms with Crippen LogP contribution in [0, 0.1) is 5.82 Å². The lowest BCUT2D eigenvalue weighted by Crippen LogP contribution is -2.44. The highest BCUT2D eigenvalue weighted by atomic mass is 35.5. The SMILES string of the molecule is CN1CCN(c2cnc3ccc(-c4cnc(Cl)c(NS(=O)(=O)c5ccc(F)cc5)c4)cc3n2)CC1. The lowest BCUT2D eigenvalue weighted by atomic mass is 10.1. The van der Waals surface area contributed by atoms with Gasteiger partial charge in [-0.2, -0.15) is 0 Å². The van der Waals surface area contributed by atoms with Crippen LogP contribution in [-0.4, -0.2) is 61.5 Å². The van der Waals surface area contributed by atoms with Crippen LogP contribution in [0.2, 0.25) is 5.15 Å². The van der Waals surface area contributed by atoms with Crippen molar-refractivity contribution >= 4 is 44.2 Å². The summed E-state index contributed by atoms with van der Waals surface area (Å²) in [5, 5.41) is -0.00243. The van der Waals surface area contributed by atoms with Gasteiger partial charge in [0.1, 0.15) is 11.6 Å². The number of halogens is 2. The molecular weight excluding hydrogens is 491 g/mol. The molecule has 1 aliphatic rings. The largest absolute Gasteiger partial charge is 0.353 e. The summed E-state index contributed by atoms with van der Waals surface area (Å²) in [6.45, 7) is 3.70. The van der Waals surface area contributed by atoms with Crippen molar-refractivity contribution < 1.29 is 12.8 Å². The Morgan fingerprint density at radius 3 is 2.40 bits per heavy atom. The lowest BCUT2D eigenvalue weighted by molar-refractivity contribution is 0.312. The van der Waals surface area contributed by atoms with Gasteiger partial charge in [0.2, 0.25) is 0 Å². The molecule has 0 spiro atoms. The van der Waals surface area contributed by atoms with Crippen LogP contribution in [0.25, 0.3) is 22.2 Å². The van der Waals surface area contributed by atoms with Crippen molar-refractivity contribution in [3.63, 3.8) is 0 Å². The van der Waals surface area contributed by atoms with Crippen LogP contribution in [0.4, 0.5) is 15.9 Å². The topological polar surface area (TPSA) is 91.3 Å². The molecule has 3 heterocycles. The predicted molar refractivity (Wildman–Crippen MR) is 135 cm³/mol. The van der Waals surface area contributed by atoms with Crippen molar-refractivity contribution in [2.75, 3.05) is 42.8 Å². The summed E-state index contributed by atoms with van der Waals surface area (Å²) >= 11 is 6.19. The second kappa shape index (κ2) is 9.37. The second-order valence-electron chi connectivity index (χ2n) is 8.34. The number of sulfonamides is 1. The van der Waals surface area contributed by atoms with Gasteiger partial charge in [-0.1, -0.05) is 17.7 Å². The van der Waals surface area contributed by atoms with Crippen LogP contribution < -0.4 is 9.62 Å². The van der Waals surface area contributed by atoms with Gasteiger partial charge in [0.25, 0.3) is 10.0 Å². The Bertz CT molecular complexity index is 1490. The highest BCUT2D eigenvalue weighted by molar-refractivity contribution is 7.92. The maximum absolute atomic E-state index is 13.2. The number of nitrogens with one attached hydrogen (secondary N) is 1. The molecule has 2 aromatic carbocycles. The van der Waals surface area contributed by atoms with Crippen LogP contribution in [-0.2, 0) is 10.0 Å². The molecule has 4 aromatic rings. The zero-order chi connectivity index (χ0) is 24.6. The fourth-order valence-corrected chi connectivity index (χ4v) is 5.13. The first-order valence-corrected chi connectivity index (χ1v) is 12.8. The summed E-state index contributed by atoms with van der Waals surface area (Å²) in [6.07, 6.45) is 3.36. The first-order chi connectivity index (χ1) is 16.8. The van der Waals surface area contributed by atoms with E-state index < -0.39 is 15.8 Å². The van der Waals surface area contributed by atoms with Crippen LogP contribution in [0.15, 0.2) is 65.8 Å². The van der Waals surface area contributed by atoms with Gasteiger partial charge in [-0.05, 0) is 55.1 Å². The van der Waals surface area contributed by atoms with E-state index in [4.69, 9.17) is 16.6 Å². The van der Waals surface area contributed by atoms with Crippen molar-refractivity contribution in [1.82, 2.24) is 19.9 Å². The molecule has 11 heteroatoms. The number of piperazine rings is 1. The molecule has 0 radical (unpaired) electrons. The zero-order valence-corrected chi connectivity index (χ0v) is 20.4. The summed E-state index contributed by atoms with van der Waals surface area (Å²) in [7, 11) is -1.88. The van der Waals surface area contributed by atoms with Gasteiger partial charge >= 0.3 is 0 Å². The van der Waals surface area contributed by atoms with E-state index in [1.165, 1.54) is 12.1 Å². The third-order valence-corrected chi connectivity index (χ3v) is 7.58. The predicted octanol–water partition coefficient (Wildman–Crippen LogP) is 4.04. The number of fused-ring (bicyclic) bond motifs is 1. The number of hydrogen-bond acceptors (Lipinski definition) is 7. The maximum atomic E-state index is 13.2. The average molecular weight is 513 g/mol. The third kappa shape index (κ3) is 5.04. The van der Waals surface area contributed by atoms with Gasteiger partial charge in [-0.25, -0.2) is 22.8 Å². The summed E-state index contributed by atoms with van der Waals surface area (Å²) in [5.74, 6) is 0.297. The van der Waals surface area contributed by atoms with Crippen LogP contribution in [0.1, 0.15) is 0 Å². The molecule has 1 fully saturated rings. The Kier molecular flexibility index (Phi) is 6.26. The van der Waals surface area contributed by atoms with E-state index in [0.29, 0.717) is 5.56 Å². The van der Waals surface area contributed by atoms with Gasteiger partial charge < -0.3 is 9.80 Å². The van der Waals surface area contributed by atoms with E-state index in [2.05, 4.69) is 31.5 Å². The lowest BCUT2D eigenvalue weighted by Gasteiger charge is -2.33. The van der Waals surface area contributed by atoms with Gasteiger partial charge in [0.05, 0.1) is 27.8 Å². The minimum atomic E-state index is -3.98. The minimum absolute atomic E-state index is 0.00243. The molecular formula is C24H22ClFN6O2S. The minimum Gasteiger partial charge on any atom is -0.353 e. The smallest absolute Gasteiger partial charge is 0.261 e. The molecule has 0 aliphatic carbocycles. The Morgan fingerprint density at radius 2 is 1.66 bits per heavy atom. The fraction of sp³-hybridized carbons (Fsp3) is 0.208. The molecule has 1 N–H and O–H groups in total. The summed E-state index contributed by atoms with van der Waals surface area (Å²) in [5.41, 5.74) is 3.03. The summed E-state index contributed by atoms with van der Waals surface area (Å²) in [6, 6.07) is 11.8. The van der Waals surface area contributed by atoms with Crippen molar-refractivity contribution in [3.8, 4) is 11.1 Å². The number of rotatable bonds is 5. The number of benzene rings is 2. The van der Waals surface area contributed by atoms with E-state index in [1.54, 1.807) is 18.5 Å². The Morgan fingerprint density at radius 1 is 0.914 bits per heavy atom. The first-order valence-electron chi connectivity index (χ1n) is 10.9. The van der Waals surface area contributed by atoms with Gasteiger partial charge in [0.15, 0.2) is 5.15 Å². The van der Waals surface area contributed by atoms with E-state index in [1.807, 2.05) is 18.2 Å². The fourth-order valence-electron chi connectivity index (χ4n) is 3.86. The molecule has 0 amide bonds. The molecule has 8 nitrogen and oxygen atoms in total. The molecule has 0 bridgehead atoms. The monoisotopic (exact) mass is 512 g/mol. The van der Waals surface area contributed by atoms with Crippen molar-refractivity contribution in [2.24, 2.45) is 0 Å². The molecule has 35 heavy (non-hydrogen) atoms. The van der Waals surface area contributed by atoms with Gasteiger partial charge in [-0.15, -0.1) is 0 Å². The molecule has 0 unspecified atom stereocenters. The van der Waals surface area contributed by atoms with Gasteiger partial charge in [0, 0.05) is 37.9 Å². The first kappa shape index (κ1) is 23.4. The molecule has 0 saturated carbocycles. The van der Waals surface area contributed by atoms with E-state index >= 15 is 0 Å². The molecule has 0 atom stereocenters. The van der Waals surface area contributed by atoms with Gasteiger partial charge in [-0.3, -0.25) is 9.71 Å². The Labute approximate surface area is 207 Å². The van der Waals surface area contributed by atoms with E-state index in [9.17, 15) is 12.8 Å². The number of pyridine rings is 1. The number of nitrogens with zero attached hydrogens (tertiary/aromatic N) is 5. The highest BCUT2D eigenvalue weighted by Crippen LogP contribution is 2.30. The van der Waals surface area contributed by atoms with Crippen molar-refractivity contribution in [3.05, 3.63) is 71.9 Å². The maximum Gasteiger partial charge on any atom is 0.261 e. The molecule has 1 aliphatic heterocycles. The van der Waals surface area contributed by atoms with Crippen LogP contribution in [0.3, 0.4) is 0 Å². The summed E-state index contributed by atoms with van der Waals surface area (Å²) in [4.78, 5) is 17.9. The zero-order valence-electron chi connectivity index (χ0n) is 18.8. The molecule has 1 saturated heterocycles. The number of anilines is 2. The molecule has 2 aromatic heterocycles. The third-order valence-electron chi connectivity index (χ3n) is 5.90. The standard InChI is InChI=1S/C24H22ClFN6O2S/c1-31-8-10-32(11-9-31)23-15-27-20-7-2-16(12-21(20)29-23)17-13-22(24(25)28-14-17)30-35(33,34)19-5-3-18(26)4-6-19/h2-7,12-15,30H,8-11H2,1H3. The highest BCUT2D eigenvalue weighted by Gasteiger charge is 2.18. The number of aromatic nitrogens is 3. The normalized spacial score (nSPS) is 14.9. The van der Waals surface area contributed by atoms with Crippen molar-refractivity contribution in [2.45, 2.75) is 4.90 Å². The van der Waals surface area contributed by atoms with Crippen LogP contribution in [0.5, 0.6) is 0 Å². The molecule has 180 valence electrons. The quantitative estimate of drug-likeness (QED) is 0.403. The van der Waals surface area contributed by atoms with E-state index in [0.717, 1.165) is 60.7 Å². The average Bonchev–Trinajstić information content (AvgIpc) is 2.85. The Hall–Kier alpha value is -3.34. The number of hydrogen-bond donors (Lipinski definition) is 1. The van der Waals surface area contributed by atoms with Crippen LogP contribution >= 0.6 is 11.6 Å². The van der Waals surface area contributed by atoms with E-state index in [-0.39, 0.29) is 15.7 Å². The van der Waals surface area contributed by atoms with Crippen molar-refractivity contribution in [1.29, 1.82) is 0 Å². The second-order valence-corrected chi connectivity index (χ2v) is 10.4. The summed E-state index contributed by atoms with van der Waals surface area (Å²) < 4.78 is 41.1. The molecule has 5 rings (SSSR count). The number of likely N-dealkylation sites (N-methyl/N-ethyl adjacent to an activating group) is 1.